The number of hydrogen-bond acceptors (Lipinski definition) is 3. The number of ether oxygens (including phenoxy) is 1. The quantitative estimate of drug-likeness (QED) is 0.846. The molecule has 1 amide bonds. The summed E-state index contributed by atoms with van der Waals surface area (Å²) in [7, 11) is 1.61. The van der Waals surface area contributed by atoms with E-state index in [0.29, 0.717) is 6.04 Å². The van der Waals surface area contributed by atoms with Crippen LogP contribution in [0.2, 0.25) is 0 Å². The Morgan fingerprint density at radius 2 is 2.14 bits per heavy atom. The maximum absolute atomic E-state index is 11.2. The predicted molar refractivity (Wildman–Crippen MR) is 85.7 cm³/mol. The minimum absolute atomic E-state index is 0.0565. The van der Waals surface area contributed by atoms with Crippen LogP contribution >= 0.6 is 0 Å². The molecule has 0 heterocycles. The van der Waals surface area contributed by atoms with Crippen molar-refractivity contribution in [3.05, 3.63) is 24.3 Å². The standard InChI is InChI=1S/C17H26N2O2/c1-3-13-7-4-5-10-16(13)19-14-8-6-9-15(11-14)21-12-17(20)18-2/h6,8-9,11,13,16,19H,3-5,7,10,12H2,1-2H3,(H,18,20). The van der Waals surface area contributed by atoms with Crippen molar-refractivity contribution in [3.8, 4) is 5.75 Å². The molecule has 116 valence electrons. The molecule has 0 aliphatic heterocycles. The van der Waals surface area contributed by atoms with Crippen LogP contribution in [0.25, 0.3) is 0 Å². The Hall–Kier alpha value is -1.71. The monoisotopic (exact) mass is 290 g/mol. The first-order chi connectivity index (χ1) is 10.2. The SMILES string of the molecule is CCC1CCCCC1Nc1cccc(OCC(=O)NC)c1. The van der Waals surface area contributed by atoms with Crippen LogP contribution < -0.4 is 15.4 Å². The van der Waals surface area contributed by atoms with Gasteiger partial charge in [0.1, 0.15) is 5.75 Å². The Labute approximate surface area is 127 Å². The van der Waals surface area contributed by atoms with Gasteiger partial charge in [-0.1, -0.05) is 32.3 Å². The van der Waals surface area contributed by atoms with Crippen LogP contribution in [0.4, 0.5) is 5.69 Å². The number of nitrogens with one attached hydrogen (secondary N) is 2. The Balaban J connectivity index is 1.95. The summed E-state index contributed by atoms with van der Waals surface area (Å²) in [6.07, 6.45) is 6.44. The second-order valence-electron chi connectivity index (χ2n) is 5.69. The van der Waals surface area contributed by atoms with Crippen LogP contribution in [-0.2, 0) is 4.79 Å². The summed E-state index contributed by atoms with van der Waals surface area (Å²) in [5.74, 6) is 1.37. The fourth-order valence-corrected chi connectivity index (χ4v) is 3.00. The van der Waals surface area contributed by atoms with E-state index in [1.165, 1.54) is 32.1 Å². The highest BCUT2D eigenvalue weighted by molar-refractivity contribution is 5.77. The zero-order valence-electron chi connectivity index (χ0n) is 13.0. The van der Waals surface area contributed by atoms with Gasteiger partial charge in [-0.15, -0.1) is 0 Å². The van der Waals surface area contributed by atoms with Crippen molar-refractivity contribution in [2.45, 2.75) is 45.1 Å². The van der Waals surface area contributed by atoms with E-state index >= 15 is 0 Å². The highest BCUT2D eigenvalue weighted by Gasteiger charge is 2.23. The first kappa shape index (κ1) is 15.7. The van der Waals surface area contributed by atoms with Crippen LogP contribution in [0.1, 0.15) is 39.0 Å². The molecule has 1 aliphatic rings. The maximum Gasteiger partial charge on any atom is 0.257 e. The van der Waals surface area contributed by atoms with E-state index in [0.717, 1.165) is 17.4 Å². The summed E-state index contributed by atoms with van der Waals surface area (Å²) in [6, 6.07) is 8.44. The number of carbonyl (C=O) groups excluding carboxylic acids is 1. The number of hydrogen-bond donors (Lipinski definition) is 2. The molecule has 1 saturated carbocycles. The molecule has 0 radical (unpaired) electrons. The van der Waals surface area contributed by atoms with Gasteiger partial charge < -0.3 is 15.4 Å². The molecule has 0 spiro atoms. The van der Waals surface area contributed by atoms with Gasteiger partial charge >= 0.3 is 0 Å². The van der Waals surface area contributed by atoms with E-state index in [4.69, 9.17) is 4.74 Å². The van der Waals surface area contributed by atoms with Gasteiger partial charge in [-0.3, -0.25) is 4.79 Å². The van der Waals surface area contributed by atoms with Gasteiger partial charge in [-0.2, -0.15) is 0 Å². The third-order valence-corrected chi connectivity index (χ3v) is 4.27. The number of carbonyl (C=O) groups is 1. The molecule has 4 nitrogen and oxygen atoms in total. The first-order valence-electron chi connectivity index (χ1n) is 7.93. The van der Waals surface area contributed by atoms with Crippen LogP contribution in [-0.4, -0.2) is 25.6 Å². The molecule has 21 heavy (non-hydrogen) atoms. The van der Waals surface area contributed by atoms with Gasteiger partial charge in [0.15, 0.2) is 6.61 Å². The molecule has 1 aromatic carbocycles. The molecule has 0 bridgehead atoms. The molecule has 2 N–H and O–H groups in total. The second kappa shape index (κ2) is 7.91. The van der Waals surface area contributed by atoms with Crippen LogP contribution in [0.3, 0.4) is 0 Å². The summed E-state index contributed by atoms with van der Waals surface area (Å²) in [6.45, 7) is 2.33. The van der Waals surface area contributed by atoms with E-state index in [1.807, 2.05) is 18.2 Å². The smallest absolute Gasteiger partial charge is 0.257 e. The molecule has 2 rings (SSSR count). The van der Waals surface area contributed by atoms with Gasteiger partial charge in [0.2, 0.25) is 0 Å². The zero-order valence-corrected chi connectivity index (χ0v) is 13.0. The van der Waals surface area contributed by atoms with Crippen molar-refractivity contribution >= 4 is 11.6 Å². The summed E-state index contributed by atoms with van der Waals surface area (Å²) in [5.41, 5.74) is 1.08. The Bertz CT molecular complexity index is 462. The lowest BCUT2D eigenvalue weighted by Gasteiger charge is -2.32. The second-order valence-corrected chi connectivity index (χ2v) is 5.69. The van der Waals surface area contributed by atoms with Gasteiger partial charge in [0.25, 0.3) is 5.91 Å². The van der Waals surface area contributed by atoms with E-state index in [2.05, 4.69) is 23.6 Å². The van der Waals surface area contributed by atoms with Gasteiger partial charge in [0.05, 0.1) is 0 Å². The highest BCUT2D eigenvalue weighted by Crippen LogP contribution is 2.30. The minimum Gasteiger partial charge on any atom is -0.484 e. The molecule has 0 saturated heterocycles. The molecule has 0 aromatic heterocycles. The molecule has 2 unspecified atom stereocenters. The lowest BCUT2D eigenvalue weighted by atomic mass is 9.83. The molecule has 4 heteroatoms. The van der Waals surface area contributed by atoms with E-state index < -0.39 is 0 Å². The summed E-state index contributed by atoms with van der Waals surface area (Å²) < 4.78 is 5.49. The number of anilines is 1. The largest absolute Gasteiger partial charge is 0.484 e. The third-order valence-electron chi connectivity index (χ3n) is 4.27. The number of rotatable bonds is 6. The molecule has 1 fully saturated rings. The molecular formula is C17H26N2O2. The average molecular weight is 290 g/mol. The van der Waals surface area contributed by atoms with E-state index in [9.17, 15) is 4.79 Å². The normalized spacial score (nSPS) is 21.6. The number of amides is 1. The summed E-state index contributed by atoms with van der Waals surface area (Å²) >= 11 is 0. The summed E-state index contributed by atoms with van der Waals surface area (Å²) in [5, 5.41) is 6.19. The van der Waals surface area contributed by atoms with E-state index in [1.54, 1.807) is 7.05 Å². The number of likely N-dealkylation sites (N-methyl/N-ethyl adjacent to an activating group) is 1. The highest BCUT2D eigenvalue weighted by atomic mass is 16.5. The minimum atomic E-state index is -0.119. The lowest BCUT2D eigenvalue weighted by molar-refractivity contribution is -0.122. The lowest BCUT2D eigenvalue weighted by Crippen LogP contribution is -2.31. The fraction of sp³-hybridized carbons (Fsp3) is 0.588. The van der Waals surface area contributed by atoms with Crippen LogP contribution in [0, 0.1) is 5.92 Å². The molecule has 1 aliphatic carbocycles. The predicted octanol–water partition coefficient (Wildman–Crippen LogP) is 3.19. The third kappa shape index (κ3) is 4.66. The summed E-state index contributed by atoms with van der Waals surface area (Å²) in [4.78, 5) is 11.2. The fourth-order valence-electron chi connectivity index (χ4n) is 3.00. The Kier molecular flexibility index (Phi) is 5.90. The van der Waals surface area contributed by atoms with Crippen LogP contribution in [0.15, 0.2) is 24.3 Å². The van der Waals surface area contributed by atoms with E-state index in [-0.39, 0.29) is 12.5 Å². The molecular weight excluding hydrogens is 264 g/mol. The Morgan fingerprint density at radius 3 is 2.90 bits per heavy atom. The van der Waals surface area contributed by atoms with Crippen molar-refractivity contribution in [1.29, 1.82) is 0 Å². The first-order valence-corrected chi connectivity index (χ1v) is 7.93. The van der Waals surface area contributed by atoms with Crippen molar-refractivity contribution in [3.63, 3.8) is 0 Å². The number of benzene rings is 1. The topological polar surface area (TPSA) is 50.4 Å². The van der Waals surface area contributed by atoms with Crippen molar-refractivity contribution < 1.29 is 9.53 Å². The average Bonchev–Trinajstić information content (AvgIpc) is 2.53. The molecule has 1 aromatic rings. The van der Waals surface area contributed by atoms with Gasteiger partial charge in [-0.25, -0.2) is 0 Å². The molecule has 2 atom stereocenters. The van der Waals surface area contributed by atoms with Gasteiger partial charge in [-0.05, 0) is 30.9 Å². The van der Waals surface area contributed by atoms with Crippen molar-refractivity contribution in [2.75, 3.05) is 19.0 Å². The Morgan fingerprint density at radius 1 is 1.33 bits per heavy atom. The van der Waals surface area contributed by atoms with Crippen molar-refractivity contribution in [1.82, 2.24) is 5.32 Å². The zero-order chi connectivity index (χ0) is 15.1. The van der Waals surface area contributed by atoms with Crippen LogP contribution in [0.5, 0.6) is 5.75 Å². The van der Waals surface area contributed by atoms with Crippen molar-refractivity contribution in [2.24, 2.45) is 5.92 Å². The maximum atomic E-state index is 11.2. The van der Waals surface area contributed by atoms with Gasteiger partial charge in [0, 0.05) is 24.8 Å².